The summed E-state index contributed by atoms with van der Waals surface area (Å²) in [5.41, 5.74) is 7.18. The van der Waals surface area contributed by atoms with E-state index in [-0.39, 0.29) is 10.9 Å². The molecule has 7 heteroatoms. The molecular formula is C14H9ClFN3OS. The molecule has 21 heavy (non-hydrogen) atoms. The number of fused-ring (bicyclic) bond motifs is 1. The predicted octanol–water partition coefficient (Wildman–Crippen LogP) is 3.92. The van der Waals surface area contributed by atoms with Gasteiger partial charge in [0.05, 0.1) is 20.9 Å². The number of carbonyl (C=O) groups is 1. The van der Waals surface area contributed by atoms with Crippen molar-refractivity contribution in [1.29, 1.82) is 0 Å². The van der Waals surface area contributed by atoms with Gasteiger partial charge in [-0.1, -0.05) is 22.9 Å². The van der Waals surface area contributed by atoms with E-state index < -0.39 is 5.82 Å². The highest BCUT2D eigenvalue weighted by Gasteiger charge is 2.11. The number of thiazole rings is 1. The van der Waals surface area contributed by atoms with Gasteiger partial charge in [0.1, 0.15) is 5.82 Å². The number of amides is 1. The molecule has 1 amide bonds. The number of halogens is 2. The van der Waals surface area contributed by atoms with Crippen molar-refractivity contribution in [3.63, 3.8) is 0 Å². The lowest BCUT2D eigenvalue weighted by molar-refractivity contribution is 0.102. The van der Waals surface area contributed by atoms with Crippen molar-refractivity contribution >= 4 is 49.9 Å². The van der Waals surface area contributed by atoms with Crippen LogP contribution in [-0.4, -0.2) is 10.9 Å². The Morgan fingerprint density at radius 3 is 2.86 bits per heavy atom. The van der Waals surface area contributed by atoms with E-state index in [0.29, 0.717) is 16.4 Å². The van der Waals surface area contributed by atoms with Crippen molar-refractivity contribution in [1.82, 2.24) is 4.98 Å². The molecule has 0 fully saturated rings. The molecular weight excluding hydrogens is 313 g/mol. The first-order chi connectivity index (χ1) is 10.0. The number of carbonyl (C=O) groups excluding carboxylic acids is 1. The van der Waals surface area contributed by atoms with Crippen LogP contribution in [0.25, 0.3) is 10.2 Å². The number of nitrogens with zero attached hydrogens (tertiary/aromatic N) is 1. The zero-order valence-corrected chi connectivity index (χ0v) is 12.1. The standard InChI is InChI=1S/C14H9ClFN3OS/c15-9-6-8(16)2-4-10(9)18-13(20)7-1-3-11-12(5-7)21-14(17)19-11/h1-6H,(H2,17,19)(H,18,20). The average Bonchev–Trinajstić information content (AvgIpc) is 2.80. The monoisotopic (exact) mass is 321 g/mol. The zero-order chi connectivity index (χ0) is 15.0. The molecule has 1 heterocycles. The Bertz CT molecular complexity index is 849. The molecule has 0 aliphatic heterocycles. The van der Waals surface area contributed by atoms with Crippen molar-refractivity contribution in [2.45, 2.75) is 0 Å². The summed E-state index contributed by atoms with van der Waals surface area (Å²) in [6, 6.07) is 8.87. The maximum absolute atomic E-state index is 13.0. The Kier molecular flexibility index (Phi) is 3.48. The average molecular weight is 322 g/mol. The number of hydrogen-bond donors (Lipinski definition) is 2. The van der Waals surface area contributed by atoms with E-state index in [1.54, 1.807) is 18.2 Å². The third kappa shape index (κ3) is 2.81. The van der Waals surface area contributed by atoms with Crippen LogP contribution in [0.4, 0.5) is 15.2 Å². The number of hydrogen-bond acceptors (Lipinski definition) is 4. The highest BCUT2D eigenvalue weighted by Crippen LogP contribution is 2.26. The van der Waals surface area contributed by atoms with Crippen molar-refractivity contribution in [3.05, 3.63) is 52.8 Å². The molecule has 106 valence electrons. The van der Waals surface area contributed by atoms with E-state index in [9.17, 15) is 9.18 Å². The summed E-state index contributed by atoms with van der Waals surface area (Å²) in [5, 5.41) is 3.23. The number of rotatable bonds is 2. The van der Waals surface area contributed by atoms with Crippen molar-refractivity contribution < 1.29 is 9.18 Å². The Balaban J connectivity index is 1.89. The summed E-state index contributed by atoms with van der Waals surface area (Å²) in [7, 11) is 0. The number of nitrogen functional groups attached to an aromatic ring is 1. The number of anilines is 2. The first kappa shape index (κ1) is 13.8. The molecule has 0 aliphatic rings. The molecule has 3 aromatic rings. The minimum absolute atomic E-state index is 0.145. The molecule has 0 aliphatic carbocycles. The van der Waals surface area contributed by atoms with Crippen LogP contribution in [0.2, 0.25) is 5.02 Å². The molecule has 3 N–H and O–H groups in total. The molecule has 0 saturated heterocycles. The van der Waals surface area contributed by atoms with Crippen LogP contribution in [0.15, 0.2) is 36.4 Å². The third-order valence-electron chi connectivity index (χ3n) is 2.85. The highest BCUT2D eigenvalue weighted by atomic mass is 35.5. The summed E-state index contributed by atoms with van der Waals surface area (Å²) in [6.07, 6.45) is 0. The fourth-order valence-electron chi connectivity index (χ4n) is 1.87. The summed E-state index contributed by atoms with van der Waals surface area (Å²) >= 11 is 7.19. The molecule has 3 rings (SSSR count). The third-order valence-corrected chi connectivity index (χ3v) is 4.01. The first-order valence-electron chi connectivity index (χ1n) is 5.95. The van der Waals surface area contributed by atoms with Crippen LogP contribution in [0.1, 0.15) is 10.4 Å². The lowest BCUT2D eigenvalue weighted by atomic mass is 10.2. The molecule has 0 spiro atoms. The lowest BCUT2D eigenvalue weighted by Gasteiger charge is -2.07. The van der Waals surface area contributed by atoms with Crippen LogP contribution in [0, 0.1) is 5.82 Å². The SMILES string of the molecule is Nc1nc2ccc(C(=O)Nc3ccc(F)cc3Cl)cc2s1. The molecule has 2 aromatic carbocycles. The van der Waals surface area contributed by atoms with E-state index in [4.69, 9.17) is 17.3 Å². The second-order valence-corrected chi connectivity index (χ2v) is 5.78. The van der Waals surface area contributed by atoms with Crippen LogP contribution in [0.5, 0.6) is 0 Å². The Hall–Kier alpha value is -2.18. The second kappa shape index (κ2) is 5.31. The van der Waals surface area contributed by atoms with Gasteiger partial charge in [-0.2, -0.15) is 0 Å². The van der Waals surface area contributed by atoms with Gasteiger partial charge in [-0.25, -0.2) is 9.37 Å². The largest absolute Gasteiger partial charge is 0.375 e. The van der Waals surface area contributed by atoms with E-state index in [1.807, 2.05) is 0 Å². The normalized spacial score (nSPS) is 10.8. The topological polar surface area (TPSA) is 68.0 Å². The van der Waals surface area contributed by atoms with Crippen LogP contribution in [0.3, 0.4) is 0 Å². The van der Waals surface area contributed by atoms with Gasteiger partial charge < -0.3 is 11.1 Å². The molecule has 0 unspecified atom stereocenters. The van der Waals surface area contributed by atoms with E-state index in [0.717, 1.165) is 16.3 Å². The fraction of sp³-hybridized carbons (Fsp3) is 0. The Morgan fingerprint density at radius 1 is 1.29 bits per heavy atom. The quantitative estimate of drug-likeness (QED) is 0.751. The number of aromatic nitrogens is 1. The van der Waals surface area contributed by atoms with Gasteiger partial charge in [-0.3, -0.25) is 4.79 Å². The molecule has 4 nitrogen and oxygen atoms in total. The number of benzene rings is 2. The van der Waals surface area contributed by atoms with Crippen molar-refractivity contribution in [2.24, 2.45) is 0 Å². The van der Waals surface area contributed by atoms with Gasteiger partial charge in [0.15, 0.2) is 5.13 Å². The van der Waals surface area contributed by atoms with Gasteiger partial charge in [-0.05, 0) is 36.4 Å². The minimum Gasteiger partial charge on any atom is -0.375 e. The van der Waals surface area contributed by atoms with Gasteiger partial charge in [0.25, 0.3) is 5.91 Å². The zero-order valence-electron chi connectivity index (χ0n) is 10.6. The first-order valence-corrected chi connectivity index (χ1v) is 7.15. The molecule has 0 saturated carbocycles. The summed E-state index contributed by atoms with van der Waals surface area (Å²) < 4.78 is 13.8. The lowest BCUT2D eigenvalue weighted by Crippen LogP contribution is -2.12. The van der Waals surface area contributed by atoms with Gasteiger partial charge >= 0.3 is 0 Å². The van der Waals surface area contributed by atoms with Gasteiger partial charge in [0.2, 0.25) is 0 Å². The Morgan fingerprint density at radius 2 is 2.10 bits per heavy atom. The molecule has 1 aromatic heterocycles. The maximum atomic E-state index is 13.0. The van der Waals surface area contributed by atoms with E-state index in [2.05, 4.69) is 10.3 Å². The smallest absolute Gasteiger partial charge is 0.255 e. The number of nitrogens with one attached hydrogen (secondary N) is 1. The number of nitrogens with two attached hydrogens (primary N) is 1. The maximum Gasteiger partial charge on any atom is 0.255 e. The molecule has 0 atom stereocenters. The molecule has 0 bridgehead atoms. The van der Waals surface area contributed by atoms with Crippen LogP contribution < -0.4 is 11.1 Å². The predicted molar refractivity (Wildman–Crippen MR) is 83.4 cm³/mol. The van der Waals surface area contributed by atoms with Crippen molar-refractivity contribution in [2.75, 3.05) is 11.1 Å². The summed E-state index contributed by atoms with van der Waals surface area (Å²) in [4.78, 5) is 16.3. The fourth-order valence-corrected chi connectivity index (χ4v) is 2.86. The second-order valence-electron chi connectivity index (χ2n) is 4.31. The van der Waals surface area contributed by atoms with Gasteiger partial charge in [0, 0.05) is 5.56 Å². The summed E-state index contributed by atoms with van der Waals surface area (Å²) in [5.74, 6) is -0.795. The van der Waals surface area contributed by atoms with Crippen LogP contribution in [-0.2, 0) is 0 Å². The Labute approximate surface area is 128 Å². The van der Waals surface area contributed by atoms with E-state index >= 15 is 0 Å². The van der Waals surface area contributed by atoms with Crippen molar-refractivity contribution in [3.8, 4) is 0 Å². The molecule has 0 radical (unpaired) electrons. The van der Waals surface area contributed by atoms with E-state index in [1.165, 1.54) is 23.5 Å². The summed E-state index contributed by atoms with van der Waals surface area (Å²) in [6.45, 7) is 0. The van der Waals surface area contributed by atoms with Crippen LogP contribution >= 0.6 is 22.9 Å². The van der Waals surface area contributed by atoms with Gasteiger partial charge in [-0.15, -0.1) is 0 Å². The highest BCUT2D eigenvalue weighted by molar-refractivity contribution is 7.22. The minimum atomic E-state index is -0.459.